The topological polar surface area (TPSA) is 62.8 Å². The third kappa shape index (κ3) is 3.54. The SMILES string of the molecule is CCNC(c1ccc(OC(C)C)cc1)c1cn[nH]n1. The van der Waals surface area contributed by atoms with E-state index in [1.54, 1.807) is 6.20 Å². The van der Waals surface area contributed by atoms with E-state index in [2.05, 4.69) is 39.8 Å². The van der Waals surface area contributed by atoms with Crippen molar-refractivity contribution in [2.45, 2.75) is 32.9 Å². The highest BCUT2D eigenvalue weighted by molar-refractivity contribution is 5.32. The van der Waals surface area contributed by atoms with Gasteiger partial charge in [-0.15, -0.1) is 0 Å². The minimum atomic E-state index is 0.0526. The van der Waals surface area contributed by atoms with E-state index in [0.717, 1.165) is 23.6 Å². The van der Waals surface area contributed by atoms with Crippen LogP contribution >= 0.6 is 0 Å². The number of H-pyrrole nitrogens is 1. The summed E-state index contributed by atoms with van der Waals surface area (Å²) < 4.78 is 5.65. The quantitative estimate of drug-likeness (QED) is 0.836. The van der Waals surface area contributed by atoms with Gasteiger partial charge in [0.05, 0.1) is 18.3 Å². The lowest BCUT2D eigenvalue weighted by molar-refractivity contribution is 0.242. The fraction of sp³-hybridized carbons (Fsp3) is 0.429. The molecule has 0 fully saturated rings. The Morgan fingerprint density at radius 3 is 2.53 bits per heavy atom. The Bertz CT molecular complexity index is 479. The molecule has 0 spiro atoms. The van der Waals surface area contributed by atoms with Crippen LogP contribution in [0.5, 0.6) is 5.75 Å². The number of aromatic nitrogens is 3. The average molecular weight is 260 g/mol. The van der Waals surface area contributed by atoms with Crippen LogP contribution in [0, 0.1) is 0 Å². The van der Waals surface area contributed by atoms with E-state index in [0.29, 0.717) is 0 Å². The highest BCUT2D eigenvalue weighted by Gasteiger charge is 2.15. The van der Waals surface area contributed by atoms with Gasteiger partial charge < -0.3 is 10.1 Å². The standard InChI is InChI=1S/C14H20N4O/c1-4-15-14(13-9-16-18-17-13)11-5-7-12(8-6-11)19-10(2)3/h5-10,14-15H,4H2,1-3H3,(H,16,17,18). The van der Waals surface area contributed by atoms with Gasteiger partial charge >= 0.3 is 0 Å². The number of aromatic amines is 1. The number of hydrogen-bond donors (Lipinski definition) is 2. The number of hydrogen-bond acceptors (Lipinski definition) is 4. The maximum Gasteiger partial charge on any atom is 0.119 e. The Morgan fingerprint density at radius 1 is 1.26 bits per heavy atom. The lowest BCUT2D eigenvalue weighted by atomic mass is 10.0. The summed E-state index contributed by atoms with van der Waals surface area (Å²) in [5.74, 6) is 0.883. The normalized spacial score (nSPS) is 12.6. The van der Waals surface area contributed by atoms with Crippen molar-refractivity contribution in [1.29, 1.82) is 0 Å². The first-order valence-corrected chi connectivity index (χ1v) is 6.56. The van der Waals surface area contributed by atoms with Crippen molar-refractivity contribution in [2.24, 2.45) is 0 Å². The summed E-state index contributed by atoms with van der Waals surface area (Å²) in [4.78, 5) is 0. The molecule has 1 unspecified atom stereocenters. The number of rotatable bonds is 6. The molecule has 1 aromatic carbocycles. The van der Waals surface area contributed by atoms with Crippen LogP contribution in [0.4, 0.5) is 0 Å². The van der Waals surface area contributed by atoms with Crippen molar-refractivity contribution in [3.63, 3.8) is 0 Å². The molecule has 1 heterocycles. The minimum Gasteiger partial charge on any atom is -0.491 e. The molecular formula is C14H20N4O. The number of ether oxygens (including phenoxy) is 1. The first kappa shape index (κ1) is 13.5. The van der Waals surface area contributed by atoms with Crippen LogP contribution in [-0.4, -0.2) is 28.1 Å². The number of nitrogens with zero attached hydrogens (tertiary/aromatic N) is 2. The van der Waals surface area contributed by atoms with Gasteiger partial charge in [0.2, 0.25) is 0 Å². The first-order valence-electron chi connectivity index (χ1n) is 6.56. The molecule has 2 rings (SSSR count). The zero-order valence-corrected chi connectivity index (χ0v) is 11.6. The summed E-state index contributed by atoms with van der Waals surface area (Å²) in [6, 6.07) is 8.13. The molecule has 0 saturated heterocycles. The van der Waals surface area contributed by atoms with Crippen LogP contribution in [0.1, 0.15) is 38.1 Å². The van der Waals surface area contributed by atoms with Crippen molar-refractivity contribution >= 4 is 0 Å². The Labute approximate surface area is 113 Å². The highest BCUT2D eigenvalue weighted by Crippen LogP contribution is 2.22. The van der Waals surface area contributed by atoms with Crippen LogP contribution in [0.3, 0.4) is 0 Å². The molecule has 102 valence electrons. The summed E-state index contributed by atoms with van der Waals surface area (Å²) in [6.07, 6.45) is 1.93. The van der Waals surface area contributed by atoms with E-state index in [1.807, 2.05) is 26.0 Å². The third-order valence-electron chi connectivity index (χ3n) is 2.72. The molecule has 0 aliphatic rings. The zero-order valence-electron chi connectivity index (χ0n) is 11.6. The van der Waals surface area contributed by atoms with Gasteiger partial charge in [0, 0.05) is 0 Å². The predicted octanol–water partition coefficient (Wildman–Crippen LogP) is 2.29. The molecule has 0 amide bonds. The fourth-order valence-electron chi connectivity index (χ4n) is 1.96. The van der Waals surface area contributed by atoms with Gasteiger partial charge in [-0.25, -0.2) is 0 Å². The summed E-state index contributed by atoms with van der Waals surface area (Å²) in [5.41, 5.74) is 2.03. The van der Waals surface area contributed by atoms with Gasteiger partial charge in [-0.3, -0.25) is 0 Å². The molecule has 2 N–H and O–H groups in total. The second-order valence-electron chi connectivity index (χ2n) is 4.62. The summed E-state index contributed by atoms with van der Waals surface area (Å²) >= 11 is 0. The molecule has 0 saturated carbocycles. The minimum absolute atomic E-state index is 0.0526. The van der Waals surface area contributed by atoms with Gasteiger partial charge in [-0.05, 0) is 38.1 Å². The summed E-state index contributed by atoms with van der Waals surface area (Å²) in [7, 11) is 0. The Hall–Kier alpha value is -1.88. The van der Waals surface area contributed by atoms with E-state index < -0.39 is 0 Å². The monoisotopic (exact) mass is 260 g/mol. The van der Waals surface area contributed by atoms with Gasteiger partial charge in [0.1, 0.15) is 11.4 Å². The average Bonchev–Trinajstić information content (AvgIpc) is 2.90. The van der Waals surface area contributed by atoms with Gasteiger partial charge in [0.25, 0.3) is 0 Å². The Kier molecular flexibility index (Phi) is 4.52. The molecule has 1 atom stereocenters. The number of benzene rings is 1. The third-order valence-corrected chi connectivity index (χ3v) is 2.72. The van der Waals surface area contributed by atoms with Crippen LogP contribution < -0.4 is 10.1 Å². The molecule has 0 bridgehead atoms. The van der Waals surface area contributed by atoms with Crippen LogP contribution in [0.25, 0.3) is 0 Å². The highest BCUT2D eigenvalue weighted by atomic mass is 16.5. The molecule has 2 aromatic rings. The van der Waals surface area contributed by atoms with Crippen LogP contribution in [0.2, 0.25) is 0 Å². The Balaban J connectivity index is 2.18. The second-order valence-corrected chi connectivity index (χ2v) is 4.62. The van der Waals surface area contributed by atoms with E-state index in [4.69, 9.17) is 4.74 Å². The maximum atomic E-state index is 5.65. The van der Waals surface area contributed by atoms with E-state index in [-0.39, 0.29) is 12.1 Å². The molecule has 0 radical (unpaired) electrons. The lowest BCUT2D eigenvalue weighted by Gasteiger charge is -2.16. The Morgan fingerprint density at radius 2 is 2.00 bits per heavy atom. The van der Waals surface area contributed by atoms with Crippen molar-refractivity contribution in [1.82, 2.24) is 20.7 Å². The van der Waals surface area contributed by atoms with Crippen molar-refractivity contribution in [2.75, 3.05) is 6.54 Å². The zero-order chi connectivity index (χ0) is 13.7. The summed E-state index contributed by atoms with van der Waals surface area (Å²) in [5, 5.41) is 14.1. The van der Waals surface area contributed by atoms with Crippen molar-refractivity contribution in [3.8, 4) is 5.75 Å². The molecular weight excluding hydrogens is 240 g/mol. The van der Waals surface area contributed by atoms with E-state index in [1.165, 1.54) is 0 Å². The van der Waals surface area contributed by atoms with E-state index in [9.17, 15) is 0 Å². The number of nitrogens with one attached hydrogen (secondary N) is 2. The van der Waals surface area contributed by atoms with Crippen LogP contribution in [0.15, 0.2) is 30.5 Å². The molecule has 0 aliphatic heterocycles. The predicted molar refractivity (Wildman–Crippen MR) is 74.1 cm³/mol. The molecule has 19 heavy (non-hydrogen) atoms. The van der Waals surface area contributed by atoms with Gasteiger partial charge in [-0.2, -0.15) is 15.4 Å². The molecule has 5 nitrogen and oxygen atoms in total. The first-order chi connectivity index (χ1) is 9.20. The molecule has 5 heteroatoms. The van der Waals surface area contributed by atoms with Gasteiger partial charge in [-0.1, -0.05) is 19.1 Å². The van der Waals surface area contributed by atoms with Crippen molar-refractivity contribution < 1.29 is 4.74 Å². The smallest absolute Gasteiger partial charge is 0.119 e. The van der Waals surface area contributed by atoms with Crippen molar-refractivity contribution in [3.05, 3.63) is 41.7 Å². The maximum absolute atomic E-state index is 5.65. The second kappa shape index (κ2) is 6.33. The van der Waals surface area contributed by atoms with Gasteiger partial charge in [0.15, 0.2) is 0 Å². The fourth-order valence-corrected chi connectivity index (χ4v) is 1.96. The van der Waals surface area contributed by atoms with E-state index >= 15 is 0 Å². The lowest BCUT2D eigenvalue weighted by Crippen LogP contribution is -2.22. The molecule has 0 aliphatic carbocycles. The summed E-state index contributed by atoms with van der Waals surface area (Å²) in [6.45, 7) is 6.97. The van der Waals surface area contributed by atoms with Crippen LogP contribution in [-0.2, 0) is 0 Å². The molecule has 1 aromatic heterocycles. The largest absolute Gasteiger partial charge is 0.491 e.